The molecule has 0 saturated carbocycles. The molecular weight excluding hydrogens is 444 g/mol. The molecule has 1 aliphatic carbocycles. The Morgan fingerprint density at radius 3 is 1.41 bits per heavy atom. The molecule has 1 unspecified atom stereocenters. The molecule has 5 aromatic rings. The first-order valence-electron chi connectivity index (χ1n) is 12.8. The lowest BCUT2D eigenvalue weighted by Gasteiger charge is -2.22. The molecule has 0 aliphatic heterocycles. The lowest BCUT2D eigenvalue weighted by atomic mass is 9.81. The van der Waals surface area contributed by atoms with Gasteiger partial charge in [-0.25, -0.2) is 0 Å². The van der Waals surface area contributed by atoms with Gasteiger partial charge in [0.05, 0.1) is 0 Å². The zero-order valence-electron chi connectivity index (χ0n) is 20.7. The van der Waals surface area contributed by atoms with Crippen LogP contribution in [0.4, 0.5) is 0 Å². The van der Waals surface area contributed by atoms with Crippen LogP contribution in [0.2, 0.25) is 0 Å². The Labute approximate surface area is 219 Å². The fourth-order valence-corrected chi connectivity index (χ4v) is 5.63. The molecule has 0 aromatic heterocycles. The maximum absolute atomic E-state index is 4.17. The van der Waals surface area contributed by atoms with Gasteiger partial charge in [-0.3, -0.25) is 0 Å². The number of rotatable bonds is 6. The molecule has 0 N–H and O–H groups in total. The van der Waals surface area contributed by atoms with Crippen molar-refractivity contribution in [2.24, 2.45) is 0 Å². The van der Waals surface area contributed by atoms with Gasteiger partial charge in [0, 0.05) is 5.92 Å². The summed E-state index contributed by atoms with van der Waals surface area (Å²) in [6.07, 6.45) is 1.98. The predicted octanol–water partition coefficient (Wildman–Crippen LogP) is 9.65. The molecule has 0 nitrogen and oxygen atoms in total. The monoisotopic (exact) mass is 472 g/mol. The number of hydrogen-bond acceptors (Lipinski definition) is 0. The van der Waals surface area contributed by atoms with Crippen LogP contribution in [0.5, 0.6) is 0 Å². The van der Waals surface area contributed by atoms with Gasteiger partial charge in [0.25, 0.3) is 0 Å². The van der Waals surface area contributed by atoms with E-state index in [2.05, 4.69) is 152 Å². The highest BCUT2D eigenvalue weighted by Gasteiger charge is 2.37. The minimum absolute atomic E-state index is 0.0778. The van der Waals surface area contributed by atoms with E-state index in [0.29, 0.717) is 0 Å². The first-order chi connectivity index (χ1) is 18.4. The Kier molecular flexibility index (Phi) is 6.23. The van der Waals surface area contributed by atoms with Crippen molar-refractivity contribution in [3.63, 3.8) is 0 Å². The Morgan fingerprint density at radius 1 is 0.432 bits per heavy atom. The van der Waals surface area contributed by atoms with E-state index in [1.807, 2.05) is 6.08 Å². The smallest absolute Gasteiger partial charge is 0.0364 e. The number of hydrogen-bond donors (Lipinski definition) is 0. The van der Waals surface area contributed by atoms with Crippen LogP contribution in [0.15, 0.2) is 152 Å². The van der Waals surface area contributed by atoms with Crippen LogP contribution < -0.4 is 0 Å². The van der Waals surface area contributed by atoms with Gasteiger partial charge in [0.1, 0.15) is 0 Å². The fraction of sp³-hybridized carbons (Fsp3) is 0.0270. The van der Waals surface area contributed by atoms with Gasteiger partial charge in [0.2, 0.25) is 0 Å². The lowest BCUT2D eigenvalue weighted by molar-refractivity contribution is 1.14. The molecule has 5 aromatic carbocycles. The molecule has 0 saturated heterocycles. The molecule has 176 valence electrons. The Morgan fingerprint density at radius 2 is 0.865 bits per heavy atom. The average Bonchev–Trinajstić information content (AvgIpc) is 3.35. The third-order valence-electron chi connectivity index (χ3n) is 7.18. The Balaban J connectivity index is 1.81. The fourth-order valence-electron chi connectivity index (χ4n) is 5.63. The maximum atomic E-state index is 4.17. The summed E-state index contributed by atoms with van der Waals surface area (Å²) >= 11 is 0. The molecule has 1 aliphatic rings. The molecule has 6 rings (SSSR count). The van der Waals surface area contributed by atoms with Crippen molar-refractivity contribution in [3.05, 3.63) is 186 Å². The van der Waals surface area contributed by atoms with Crippen molar-refractivity contribution in [2.45, 2.75) is 5.92 Å². The molecule has 0 fully saturated rings. The Hall–Kier alpha value is -4.68. The van der Waals surface area contributed by atoms with Crippen molar-refractivity contribution in [1.29, 1.82) is 0 Å². The molecule has 0 bridgehead atoms. The molecular formula is C37H28. The number of benzene rings is 5. The van der Waals surface area contributed by atoms with Crippen molar-refractivity contribution >= 4 is 28.4 Å². The molecule has 37 heavy (non-hydrogen) atoms. The summed E-state index contributed by atoms with van der Waals surface area (Å²) in [5.41, 5.74) is 12.6. The predicted molar refractivity (Wildman–Crippen MR) is 159 cm³/mol. The third kappa shape index (κ3) is 4.17. The van der Waals surface area contributed by atoms with E-state index in [9.17, 15) is 0 Å². The number of allylic oxidation sites excluding steroid dienone is 4. The van der Waals surface area contributed by atoms with E-state index in [0.717, 1.165) is 5.56 Å². The van der Waals surface area contributed by atoms with Gasteiger partial charge in [-0.1, -0.05) is 158 Å². The molecule has 0 amide bonds. The van der Waals surface area contributed by atoms with Crippen LogP contribution in [0.3, 0.4) is 0 Å². The second-order valence-corrected chi connectivity index (χ2v) is 9.31. The van der Waals surface area contributed by atoms with Gasteiger partial charge in [-0.15, -0.1) is 0 Å². The van der Waals surface area contributed by atoms with Crippen LogP contribution in [-0.4, -0.2) is 0 Å². The van der Waals surface area contributed by atoms with Crippen LogP contribution in [0.1, 0.15) is 39.3 Å². The summed E-state index contributed by atoms with van der Waals surface area (Å²) < 4.78 is 0. The summed E-state index contributed by atoms with van der Waals surface area (Å²) in [6.45, 7) is 4.17. The Bertz CT molecular complexity index is 1590. The van der Waals surface area contributed by atoms with Gasteiger partial charge >= 0.3 is 0 Å². The van der Waals surface area contributed by atoms with E-state index in [1.54, 1.807) is 0 Å². The second-order valence-electron chi connectivity index (χ2n) is 9.31. The quantitative estimate of drug-likeness (QED) is 0.231. The standard InChI is InChI=1S/C37H28/c1-2-27-17-15-16-26-32(27)37-35(30-22-11-5-12-23-30)33(28-18-7-3-8-19-28)34(29-20-9-4-10-21-29)36(37)31-24-13-6-14-25-31/h2-26,33H,1H2. The zero-order chi connectivity index (χ0) is 25.0. The van der Waals surface area contributed by atoms with Gasteiger partial charge in [-0.2, -0.15) is 0 Å². The summed E-state index contributed by atoms with van der Waals surface area (Å²) in [5, 5.41) is 0. The molecule has 0 spiro atoms. The zero-order valence-corrected chi connectivity index (χ0v) is 20.7. The highest BCUT2D eigenvalue weighted by Crippen LogP contribution is 2.58. The summed E-state index contributed by atoms with van der Waals surface area (Å²) in [4.78, 5) is 0. The van der Waals surface area contributed by atoms with Crippen molar-refractivity contribution < 1.29 is 0 Å². The van der Waals surface area contributed by atoms with Gasteiger partial charge in [-0.05, 0) is 55.7 Å². The highest BCUT2D eigenvalue weighted by molar-refractivity contribution is 6.30. The summed E-state index contributed by atoms with van der Waals surface area (Å²) in [5.74, 6) is 0.0778. The first-order valence-corrected chi connectivity index (χ1v) is 12.8. The van der Waals surface area contributed by atoms with E-state index in [4.69, 9.17) is 0 Å². The van der Waals surface area contributed by atoms with E-state index in [-0.39, 0.29) is 5.92 Å². The second kappa shape index (κ2) is 10.1. The lowest BCUT2D eigenvalue weighted by Crippen LogP contribution is -2.03. The third-order valence-corrected chi connectivity index (χ3v) is 7.18. The highest BCUT2D eigenvalue weighted by atomic mass is 14.4. The molecule has 0 radical (unpaired) electrons. The first kappa shape index (κ1) is 22.8. The van der Waals surface area contributed by atoms with E-state index >= 15 is 0 Å². The van der Waals surface area contributed by atoms with Crippen LogP contribution in [0, 0.1) is 0 Å². The minimum atomic E-state index is 0.0778. The van der Waals surface area contributed by atoms with Crippen molar-refractivity contribution in [1.82, 2.24) is 0 Å². The molecule has 1 atom stereocenters. The van der Waals surface area contributed by atoms with Crippen LogP contribution in [-0.2, 0) is 0 Å². The normalized spacial score (nSPS) is 15.2. The van der Waals surface area contributed by atoms with E-state index < -0.39 is 0 Å². The molecule has 0 heteroatoms. The topological polar surface area (TPSA) is 0 Å². The van der Waals surface area contributed by atoms with Crippen LogP contribution in [0.25, 0.3) is 28.4 Å². The SMILES string of the molecule is C=Cc1ccccc1C1=C(c2ccccc2)C(c2ccccc2)C(c2ccccc2)=C1c1ccccc1. The van der Waals surface area contributed by atoms with Gasteiger partial charge in [0.15, 0.2) is 0 Å². The van der Waals surface area contributed by atoms with Crippen molar-refractivity contribution in [2.75, 3.05) is 0 Å². The average molecular weight is 473 g/mol. The minimum Gasteiger partial charge on any atom is -0.0984 e. The molecule has 0 heterocycles. The largest absolute Gasteiger partial charge is 0.0984 e. The summed E-state index contributed by atoms with van der Waals surface area (Å²) in [7, 11) is 0. The van der Waals surface area contributed by atoms with Crippen LogP contribution >= 0.6 is 0 Å². The van der Waals surface area contributed by atoms with Gasteiger partial charge < -0.3 is 0 Å². The maximum Gasteiger partial charge on any atom is 0.0364 e. The van der Waals surface area contributed by atoms with E-state index in [1.165, 1.54) is 50.1 Å². The van der Waals surface area contributed by atoms with Crippen molar-refractivity contribution in [3.8, 4) is 0 Å². The summed E-state index contributed by atoms with van der Waals surface area (Å²) in [6, 6.07) is 52.2.